The van der Waals surface area contributed by atoms with Crippen molar-refractivity contribution < 1.29 is 0 Å². The molecule has 0 aliphatic heterocycles. The Morgan fingerprint density at radius 1 is 0.391 bits per heavy atom. The van der Waals surface area contributed by atoms with Crippen LogP contribution in [-0.2, 0) is 10.8 Å². The van der Waals surface area contributed by atoms with E-state index in [1.807, 2.05) is 0 Å². The van der Waals surface area contributed by atoms with Gasteiger partial charge in [0.1, 0.15) is 0 Å². The number of hydrogen-bond donors (Lipinski definition) is 0. The van der Waals surface area contributed by atoms with Gasteiger partial charge < -0.3 is 4.57 Å². The summed E-state index contributed by atoms with van der Waals surface area (Å²) < 4.78 is 4.83. The Morgan fingerprint density at radius 2 is 0.953 bits per heavy atom. The third-order valence-corrected chi connectivity index (χ3v) is 14.6. The average molecular weight is 823 g/mol. The van der Waals surface area contributed by atoms with Crippen LogP contribution in [0.25, 0.3) is 110 Å². The largest absolute Gasteiger partial charge is 0.309 e. The maximum Gasteiger partial charge on any atom is 0.235 e. The number of aromatic nitrogens is 4. The zero-order valence-electron chi connectivity index (χ0n) is 36.5. The highest BCUT2D eigenvalue weighted by Gasteiger charge is 2.38. The summed E-state index contributed by atoms with van der Waals surface area (Å²) in [6.07, 6.45) is 2.33. The van der Waals surface area contributed by atoms with Crippen LogP contribution in [0.5, 0.6) is 0 Å². The molecule has 1 aliphatic rings. The molecule has 1 aliphatic carbocycles. The van der Waals surface area contributed by atoms with Crippen molar-refractivity contribution in [1.82, 2.24) is 19.1 Å². The zero-order chi connectivity index (χ0) is 42.9. The molecule has 3 aromatic heterocycles. The second kappa shape index (κ2) is 13.5. The molecule has 0 spiro atoms. The van der Waals surface area contributed by atoms with Crippen molar-refractivity contribution in [3.63, 3.8) is 0 Å². The minimum absolute atomic E-state index is 0.0740. The van der Waals surface area contributed by atoms with Gasteiger partial charge in [0.15, 0.2) is 0 Å². The summed E-state index contributed by atoms with van der Waals surface area (Å²) in [4.78, 5) is 11.2. The first-order chi connectivity index (χ1) is 31.2. The molecular weight excluding hydrogens is 777 g/mol. The molecule has 0 N–H and O–H groups in total. The third kappa shape index (κ3) is 5.42. The molecule has 64 heavy (non-hydrogen) atoms. The molecule has 9 aromatic carbocycles. The Kier molecular flexibility index (Phi) is 7.80. The summed E-state index contributed by atoms with van der Waals surface area (Å²) in [5.41, 5.74) is 14.1. The van der Waals surface area contributed by atoms with Crippen LogP contribution in [0.2, 0.25) is 0 Å². The molecule has 0 saturated carbocycles. The Labute approximate surface area is 372 Å². The topological polar surface area (TPSA) is 35.6 Å². The summed E-state index contributed by atoms with van der Waals surface area (Å²) in [5, 5.41) is 10.7. The van der Waals surface area contributed by atoms with Crippen molar-refractivity contribution in [2.45, 2.75) is 51.4 Å². The summed E-state index contributed by atoms with van der Waals surface area (Å²) in [7, 11) is 0. The second-order valence-electron chi connectivity index (χ2n) is 19.3. The normalized spacial score (nSPS) is 14.7. The Morgan fingerprint density at radius 3 is 1.70 bits per heavy atom. The van der Waals surface area contributed by atoms with Crippen LogP contribution in [-0.4, -0.2) is 19.1 Å². The molecule has 12 aromatic rings. The van der Waals surface area contributed by atoms with E-state index >= 15 is 0 Å². The lowest BCUT2D eigenvalue weighted by Gasteiger charge is -2.42. The highest BCUT2D eigenvalue weighted by atomic mass is 15.2. The third-order valence-electron chi connectivity index (χ3n) is 14.6. The van der Waals surface area contributed by atoms with Crippen molar-refractivity contribution >= 4 is 76.1 Å². The fraction of sp³-hybridized carbons (Fsp3) is 0.133. The lowest BCUT2D eigenvalue weighted by Crippen LogP contribution is -2.33. The van der Waals surface area contributed by atoms with Gasteiger partial charge >= 0.3 is 0 Å². The lowest BCUT2D eigenvalue weighted by atomic mass is 9.63. The van der Waals surface area contributed by atoms with Crippen LogP contribution in [0.15, 0.2) is 182 Å². The van der Waals surface area contributed by atoms with E-state index in [2.05, 4.69) is 219 Å². The molecule has 0 fully saturated rings. The summed E-state index contributed by atoms with van der Waals surface area (Å²) >= 11 is 0. The average Bonchev–Trinajstić information content (AvgIpc) is 3.83. The monoisotopic (exact) mass is 822 g/mol. The van der Waals surface area contributed by atoms with Gasteiger partial charge in [0.05, 0.1) is 33.3 Å². The number of benzene rings is 9. The molecule has 0 unspecified atom stereocenters. The Balaban J connectivity index is 1.17. The molecule has 306 valence electrons. The summed E-state index contributed by atoms with van der Waals surface area (Å²) in [5.74, 6) is 0.655. The van der Waals surface area contributed by atoms with Gasteiger partial charge in [0.25, 0.3) is 0 Å². The number of fused-ring (bicyclic) bond motifs is 12. The van der Waals surface area contributed by atoms with Gasteiger partial charge in [-0.2, -0.15) is 0 Å². The Bertz CT molecular complexity index is 3870. The molecule has 4 heteroatoms. The van der Waals surface area contributed by atoms with E-state index in [0.29, 0.717) is 5.95 Å². The van der Waals surface area contributed by atoms with E-state index < -0.39 is 0 Å². The molecule has 3 heterocycles. The minimum atomic E-state index is 0.0740. The van der Waals surface area contributed by atoms with Crippen molar-refractivity contribution in [1.29, 1.82) is 0 Å². The second-order valence-corrected chi connectivity index (χ2v) is 19.3. The van der Waals surface area contributed by atoms with Gasteiger partial charge in [-0.3, -0.25) is 4.57 Å². The predicted molar refractivity (Wildman–Crippen MR) is 269 cm³/mol. The zero-order valence-corrected chi connectivity index (χ0v) is 36.5. The van der Waals surface area contributed by atoms with Crippen molar-refractivity contribution in [2.75, 3.05) is 0 Å². The maximum atomic E-state index is 5.64. The van der Waals surface area contributed by atoms with Crippen LogP contribution in [0, 0.1) is 0 Å². The van der Waals surface area contributed by atoms with E-state index in [4.69, 9.17) is 9.97 Å². The first-order valence-electron chi connectivity index (χ1n) is 22.6. The number of para-hydroxylation sites is 1. The van der Waals surface area contributed by atoms with Gasteiger partial charge in [-0.25, -0.2) is 9.97 Å². The van der Waals surface area contributed by atoms with Crippen molar-refractivity contribution in [3.8, 4) is 34.0 Å². The first kappa shape index (κ1) is 37.0. The maximum absolute atomic E-state index is 5.64. The smallest absolute Gasteiger partial charge is 0.235 e. The van der Waals surface area contributed by atoms with Crippen molar-refractivity contribution in [3.05, 3.63) is 193 Å². The Hall–Kier alpha value is -7.56. The first-order valence-corrected chi connectivity index (χ1v) is 22.6. The number of hydrogen-bond acceptors (Lipinski definition) is 2. The molecule has 0 amide bonds. The van der Waals surface area contributed by atoms with Crippen LogP contribution in [0.1, 0.15) is 51.7 Å². The molecule has 13 rings (SSSR count). The van der Waals surface area contributed by atoms with E-state index in [9.17, 15) is 0 Å². The van der Waals surface area contributed by atoms with Crippen LogP contribution in [0.3, 0.4) is 0 Å². The summed E-state index contributed by atoms with van der Waals surface area (Å²) in [6, 6.07) is 66.6. The number of nitrogens with zero attached hydrogens (tertiary/aromatic N) is 4. The molecular formula is C60H46N4. The molecule has 0 saturated heterocycles. The highest BCUT2D eigenvalue weighted by Crippen LogP contribution is 2.50. The fourth-order valence-electron chi connectivity index (χ4n) is 11.0. The van der Waals surface area contributed by atoms with E-state index in [0.717, 1.165) is 56.1 Å². The molecule has 0 radical (unpaired) electrons. The van der Waals surface area contributed by atoms with E-state index in [-0.39, 0.29) is 10.8 Å². The molecule has 0 bridgehead atoms. The lowest BCUT2D eigenvalue weighted by molar-refractivity contribution is 0.332. The SMILES string of the molecule is CC1(C)CCC(C)(C)c2cc3c(cc21)c1cc2c4c5ccccc5ccc4n(-c4nc(-c5ccc(-c6ccccc6)cc5)c5ccc6ccccc6c5n4)c2cc1n3-c1ccccc1. The van der Waals surface area contributed by atoms with Gasteiger partial charge in [-0.05, 0) is 111 Å². The van der Waals surface area contributed by atoms with E-state index in [1.165, 1.54) is 72.0 Å². The van der Waals surface area contributed by atoms with Crippen LogP contribution in [0.4, 0.5) is 0 Å². The number of rotatable bonds is 4. The molecule has 0 atom stereocenters. The highest BCUT2D eigenvalue weighted by molar-refractivity contribution is 6.25. The fourth-order valence-corrected chi connectivity index (χ4v) is 11.0. The van der Waals surface area contributed by atoms with Crippen LogP contribution < -0.4 is 0 Å². The van der Waals surface area contributed by atoms with Crippen LogP contribution >= 0.6 is 0 Å². The minimum Gasteiger partial charge on any atom is -0.309 e. The van der Waals surface area contributed by atoms with Gasteiger partial charge in [-0.1, -0.05) is 161 Å². The van der Waals surface area contributed by atoms with E-state index in [1.54, 1.807) is 0 Å². The summed E-state index contributed by atoms with van der Waals surface area (Å²) in [6.45, 7) is 9.71. The van der Waals surface area contributed by atoms with Crippen molar-refractivity contribution in [2.24, 2.45) is 0 Å². The van der Waals surface area contributed by atoms with Gasteiger partial charge in [0.2, 0.25) is 5.95 Å². The molecule has 4 nitrogen and oxygen atoms in total. The van der Waals surface area contributed by atoms with Gasteiger partial charge in [0, 0.05) is 43.6 Å². The standard InChI is InChI=1S/C60H46N4/c1-59(2)31-32-60(3,4)50-35-52-47(34-49(50)59)46-33-48-54(36-53(46)63(52)42-19-9-6-10-20-42)64(51-30-28-39-17-11-13-21-43(39)55(48)51)58-61-56(41-25-23-38(24-26-41)37-15-7-5-8-16-37)45-29-27-40-18-12-14-22-44(40)57(45)62-58/h5-30,33-36H,31-32H2,1-4H3. The predicted octanol–water partition coefficient (Wildman–Crippen LogP) is 15.8. The quantitative estimate of drug-likeness (QED) is 0.166. The van der Waals surface area contributed by atoms with Gasteiger partial charge in [-0.15, -0.1) is 0 Å².